The van der Waals surface area contributed by atoms with E-state index < -0.39 is 5.92 Å². The van der Waals surface area contributed by atoms with E-state index in [4.69, 9.17) is 11.3 Å². The van der Waals surface area contributed by atoms with Gasteiger partial charge >= 0.3 is 0 Å². The SMILES string of the molecule is [C-]#[N+]C1=C(C)N=C(C)C(C#N)C1c1ccc2[nH]nc(N(C)CCCOC)c2c1. The van der Waals surface area contributed by atoms with E-state index in [-0.39, 0.29) is 5.92 Å². The molecule has 0 saturated carbocycles. The third-order valence-electron chi connectivity index (χ3n) is 5.18. The number of hydrogen-bond acceptors (Lipinski definition) is 5. The lowest BCUT2D eigenvalue weighted by atomic mass is 9.79. The van der Waals surface area contributed by atoms with Crippen molar-refractivity contribution in [3.05, 3.63) is 46.6 Å². The molecule has 1 aliphatic rings. The van der Waals surface area contributed by atoms with E-state index >= 15 is 0 Å². The molecule has 2 unspecified atom stereocenters. The summed E-state index contributed by atoms with van der Waals surface area (Å²) in [4.78, 5) is 10.2. The van der Waals surface area contributed by atoms with E-state index in [2.05, 4.69) is 31.0 Å². The molecule has 0 saturated heterocycles. The zero-order valence-electron chi connectivity index (χ0n) is 16.7. The number of nitriles is 1. The molecule has 144 valence electrons. The van der Waals surface area contributed by atoms with Crippen molar-refractivity contribution in [1.82, 2.24) is 10.2 Å². The fraction of sp³-hybridized carbons (Fsp3) is 0.429. The molecule has 0 amide bonds. The van der Waals surface area contributed by atoms with Crippen LogP contribution in [-0.2, 0) is 4.74 Å². The molecule has 0 fully saturated rings. The second-order valence-electron chi connectivity index (χ2n) is 7.04. The number of rotatable bonds is 6. The Hall–Kier alpha value is -3.16. The van der Waals surface area contributed by atoms with E-state index in [0.717, 1.165) is 41.0 Å². The van der Waals surface area contributed by atoms with Crippen molar-refractivity contribution in [3.63, 3.8) is 0 Å². The number of methoxy groups -OCH3 is 1. The molecule has 0 radical (unpaired) electrons. The number of ether oxygens (including phenoxy) is 1. The van der Waals surface area contributed by atoms with Crippen molar-refractivity contribution in [2.75, 3.05) is 32.2 Å². The summed E-state index contributed by atoms with van der Waals surface area (Å²) in [6.07, 6.45) is 0.902. The second-order valence-corrected chi connectivity index (χ2v) is 7.04. The number of anilines is 1. The maximum absolute atomic E-state index is 9.73. The number of benzene rings is 1. The first-order chi connectivity index (χ1) is 13.5. The molecule has 1 aromatic carbocycles. The number of aromatic amines is 1. The van der Waals surface area contributed by atoms with Gasteiger partial charge in [0.2, 0.25) is 0 Å². The predicted molar refractivity (Wildman–Crippen MR) is 110 cm³/mol. The Morgan fingerprint density at radius 3 is 2.86 bits per heavy atom. The summed E-state index contributed by atoms with van der Waals surface area (Å²) in [5.74, 6) is 0.0960. The number of nitrogens with zero attached hydrogens (tertiary/aromatic N) is 5. The van der Waals surface area contributed by atoms with E-state index in [9.17, 15) is 5.26 Å². The monoisotopic (exact) mass is 376 g/mol. The summed E-state index contributed by atoms with van der Waals surface area (Å²) >= 11 is 0. The quantitative estimate of drug-likeness (QED) is 0.613. The minimum Gasteiger partial charge on any atom is -0.385 e. The largest absolute Gasteiger partial charge is 0.385 e. The highest BCUT2D eigenvalue weighted by Gasteiger charge is 2.34. The molecule has 3 rings (SSSR count). The van der Waals surface area contributed by atoms with Gasteiger partial charge in [0.05, 0.1) is 24.1 Å². The van der Waals surface area contributed by atoms with Crippen molar-refractivity contribution in [3.8, 4) is 6.07 Å². The summed E-state index contributed by atoms with van der Waals surface area (Å²) in [5, 5.41) is 18.3. The molecule has 7 nitrogen and oxygen atoms in total. The highest BCUT2D eigenvalue weighted by molar-refractivity contribution is 5.93. The lowest BCUT2D eigenvalue weighted by Crippen LogP contribution is -2.24. The minimum absolute atomic E-state index is 0.314. The minimum atomic E-state index is -0.444. The predicted octanol–water partition coefficient (Wildman–Crippen LogP) is 3.88. The van der Waals surface area contributed by atoms with Crippen LogP contribution in [0.4, 0.5) is 5.82 Å². The first kappa shape index (κ1) is 19.6. The van der Waals surface area contributed by atoms with E-state index in [1.807, 2.05) is 39.1 Å². The normalized spacial score (nSPS) is 19.3. The Balaban J connectivity index is 2.04. The van der Waals surface area contributed by atoms with Gasteiger partial charge in [0.1, 0.15) is 0 Å². The van der Waals surface area contributed by atoms with E-state index in [1.54, 1.807) is 7.11 Å². The molecular formula is C21H24N6O. The van der Waals surface area contributed by atoms with Crippen molar-refractivity contribution in [1.29, 1.82) is 5.26 Å². The average molecular weight is 376 g/mol. The highest BCUT2D eigenvalue weighted by Crippen LogP contribution is 2.40. The Labute approximate surface area is 165 Å². The summed E-state index contributed by atoms with van der Waals surface area (Å²) in [6, 6.07) is 8.34. The number of fused-ring (bicyclic) bond motifs is 1. The lowest BCUT2D eigenvalue weighted by Gasteiger charge is -2.26. The van der Waals surface area contributed by atoms with Crippen molar-refractivity contribution in [2.45, 2.75) is 26.2 Å². The van der Waals surface area contributed by atoms with Crippen LogP contribution in [0.3, 0.4) is 0 Å². The Morgan fingerprint density at radius 2 is 2.18 bits per heavy atom. The molecule has 0 bridgehead atoms. The standard InChI is InChI=1S/C21H24N6O/c1-13-17(12-22)19(20(23-3)14(2)24-13)15-7-8-18-16(11-15)21(26-25-18)27(4)9-6-10-28-5/h7-8,11,17,19H,6,9-10H2,1-2,4-5H3,(H,25,26). The van der Waals surface area contributed by atoms with Crippen LogP contribution in [0.2, 0.25) is 0 Å². The smallest absolute Gasteiger partial charge is 0.195 e. The van der Waals surface area contributed by atoms with Crippen molar-refractivity contribution >= 4 is 22.4 Å². The van der Waals surface area contributed by atoms with Gasteiger partial charge in [-0.25, -0.2) is 4.85 Å². The second kappa shape index (κ2) is 8.24. The third-order valence-corrected chi connectivity index (χ3v) is 5.18. The molecule has 0 aliphatic carbocycles. The molecule has 0 spiro atoms. The summed E-state index contributed by atoms with van der Waals surface area (Å²) < 4.78 is 5.13. The Morgan fingerprint density at radius 1 is 1.39 bits per heavy atom. The fourth-order valence-corrected chi connectivity index (χ4v) is 3.74. The van der Waals surface area contributed by atoms with Gasteiger partial charge in [-0.05, 0) is 38.0 Å². The van der Waals surface area contributed by atoms with Gasteiger partial charge in [-0.15, -0.1) is 0 Å². The molecule has 28 heavy (non-hydrogen) atoms. The molecule has 1 N–H and O–H groups in total. The van der Waals surface area contributed by atoms with Gasteiger partial charge in [-0.1, -0.05) is 6.07 Å². The van der Waals surface area contributed by atoms with Crippen LogP contribution < -0.4 is 4.90 Å². The van der Waals surface area contributed by atoms with Crippen LogP contribution in [-0.4, -0.2) is 43.2 Å². The van der Waals surface area contributed by atoms with Crippen LogP contribution in [0.5, 0.6) is 0 Å². The number of allylic oxidation sites excluding steroid dienone is 2. The highest BCUT2D eigenvalue weighted by atomic mass is 16.5. The zero-order chi connectivity index (χ0) is 20.3. The number of nitrogens with one attached hydrogen (secondary N) is 1. The number of aliphatic imine (C=N–C) groups is 1. The molecule has 1 aromatic heterocycles. The van der Waals surface area contributed by atoms with Crippen LogP contribution in [0.15, 0.2) is 34.6 Å². The molecule has 2 heterocycles. The van der Waals surface area contributed by atoms with Crippen LogP contribution >= 0.6 is 0 Å². The Kier molecular flexibility index (Phi) is 5.77. The molecule has 2 atom stereocenters. The summed E-state index contributed by atoms with van der Waals surface area (Å²) in [6.45, 7) is 12.8. The number of hydrogen-bond donors (Lipinski definition) is 1. The number of aromatic nitrogens is 2. The molecular weight excluding hydrogens is 352 g/mol. The number of H-pyrrole nitrogens is 1. The molecule has 7 heteroatoms. The topological polar surface area (TPSA) is 81.7 Å². The van der Waals surface area contributed by atoms with Gasteiger partial charge < -0.3 is 9.64 Å². The average Bonchev–Trinajstić information content (AvgIpc) is 3.10. The van der Waals surface area contributed by atoms with Gasteiger partial charge in [0, 0.05) is 50.0 Å². The summed E-state index contributed by atoms with van der Waals surface area (Å²) in [7, 11) is 3.70. The van der Waals surface area contributed by atoms with Gasteiger partial charge in [0.15, 0.2) is 11.5 Å². The molecule has 1 aliphatic heterocycles. The maximum Gasteiger partial charge on any atom is 0.195 e. The zero-order valence-corrected chi connectivity index (χ0v) is 16.7. The Bertz CT molecular complexity index is 1020. The van der Waals surface area contributed by atoms with Gasteiger partial charge in [-0.3, -0.25) is 10.1 Å². The maximum atomic E-state index is 9.73. The summed E-state index contributed by atoms with van der Waals surface area (Å²) in [5.41, 5.74) is 3.84. The fourth-order valence-electron chi connectivity index (χ4n) is 3.74. The van der Waals surface area contributed by atoms with Crippen molar-refractivity contribution in [2.24, 2.45) is 10.9 Å². The van der Waals surface area contributed by atoms with Gasteiger partial charge in [-0.2, -0.15) is 10.4 Å². The third kappa shape index (κ3) is 3.49. The van der Waals surface area contributed by atoms with E-state index in [1.165, 1.54) is 0 Å². The lowest BCUT2D eigenvalue weighted by molar-refractivity contribution is 0.196. The first-order valence-corrected chi connectivity index (χ1v) is 9.23. The first-order valence-electron chi connectivity index (χ1n) is 9.23. The van der Waals surface area contributed by atoms with Crippen LogP contribution in [0.1, 0.15) is 31.7 Å². The van der Waals surface area contributed by atoms with Gasteiger partial charge in [0.25, 0.3) is 0 Å². The van der Waals surface area contributed by atoms with E-state index in [0.29, 0.717) is 18.0 Å². The van der Waals surface area contributed by atoms with Crippen LogP contribution in [0, 0.1) is 23.8 Å². The molecule has 2 aromatic rings. The van der Waals surface area contributed by atoms with Crippen molar-refractivity contribution < 1.29 is 4.74 Å². The van der Waals surface area contributed by atoms with Crippen LogP contribution in [0.25, 0.3) is 15.7 Å².